The van der Waals surface area contributed by atoms with Gasteiger partial charge in [0.1, 0.15) is 36.8 Å². The van der Waals surface area contributed by atoms with E-state index in [-0.39, 0.29) is 24.7 Å². The molecule has 3 N–H and O–H groups in total. The van der Waals surface area contributed by atoms with Gasteiger partial charge in [0.15, 0.2) is 23.0 Å². The number of fused-ring (bicyclic) bond motifs is 3. The van der Waals surface area contributed by atoms with E-state index >= 15 is 0 Å². The van der Waals surface area contributed by atoms with E-state index in [2.05, 4.69) is 0 Å². The first-order valence-corrected chi connectivity index (χ1v) is 12.5. The summed E-state index contributed by atoms with van der Waals surface area (Å²) in [6.45, 7) is -0.552. The average Bonchev–Trinajstić information content (AvgIpc) is 3.60. The largest absolute Gasteiger partial charge is 0.493 e. The van der Waals surface area contributed by atoms with Crippen LogP contribution in [0.15, 0.2) is 30.3 Å². The molecule has 0 radical (unpaired) electrons. The molecular weight excluding hydrogens is 528 g/mol. The van der Waals surface area contributed by atoms with E-state index in [1.807, 2.05) is 6.07 Å². The normalized spacial score (nSPS) is 25.1. The Balaban J connectivity index is 1.58. The SMILES string of the molecule is COc1cc2c(OC3OC(CO)C(O)C(OC)C3O)c3c(c(-c4ccc5c(c4)OCO5)c2cc1OC)C(=O)OC3. The quantitative estimate of drug-likeness (QED) is 0.364. The number of aliphatic hydroxyl groups excluding tert-OH is 3. The lowest BCUT2D eigenvalue weighted by atomic mass is 9.89. The van der Waals surface area contributed by atoms with E-state index in [1.54, 1.807) is 24.3 Å². The molecule has 0 amide bonds. The van der Waals surface area contributed by atoms with E-state index < -0.39 is 43.3 Å². The molecule has 3 heterocycles. The number of aliphatic hydroxyl groups is 3. The van der Waals surface area contributed by atoms with Crippen molar-refractivity contribution < 1.29 is 58.0 Å². The molecule has 3 aliphatic heterocycles. The molecule has 6 rings (SSSR count). The fraction of sp³-hybridized carbons (Fsp3) is 0.393. The van der Waals surface area contributed by atoms with Gasteiger partial charge >= 0.3 is 5.97 Å². The van der Waals surface area contributed by atoms with Crippen molar-refractivity contribution in [2.75, 3.05) is 34.7 Å². The first-order chi connectivity index (χ1) is 19.4. The van der Waals surface area contributed by atoms with Gasteiger partial charge in [0.05, 0.1) is 26.4 Å². The first kappa shape index (κ1) is 26.4. The number of ether oxygens (including phenoxy) is 8. The Hall–Kier alpha value is -3.81. The predicted octanol–water partition coefficient (Wildman–Crippen LogP) is 1.76. The molecule has 0 aromatic heterocycles. The summed E-state index contributed by atoms with van der Waals surface area (Å²) in [5, 5.41) is 32.3. The lowest BCUT2D eigenvalue weighted by Crippen LogP contribution is -2.60. The molecule has 0 aliphatic carbocycles. The van der Waals surface area contributed by atoms with Crippen LogP contribution >= 0.6 is 0 Å². The maximum atomic E-state index is 13.2. The van der Waals surface area contributed by atoms with Gasteiger partial charge in [0.2, 0.25) is 13.1 Å². The molecule has 12 heteroatoms. The summed E-state index contributed by atoms with van der Waals surface area (Å²) in [6.07, 6.45) is -6.28. The van der Waals surface area contributed by atoms with Gasteiger partial charge < -0.3 is 53.2 Å². The van der Waals surface area contributed by atoms with E-state index in [4.69, 9.17) is 37.9 Å². The Morgan fingerprint density at radius 2 is 1.62 bits per heavy atom. The van der Waals surface area contributed by atoms with E-state index in [0.717, 1.165) is 0 Å². The first-order valence-electron chi connectivity index (χ1n) is 12.5. The van der Waals surface area contributed by atoms with Crippen LogP contribution in [0.1, 0.15) is 15.9 Å². The highest BCUT2D eigenvalue weighted by Gasteiger charge is 2.47. The van der Waals surface area contributed by atoms with E-state index in [0.29, 0.717) is 50.5 Å². The number of esters is 1. The van der Waals surface area contributed by atoms with Crippen LogP contribution in [0.25, 0.3) is 21.9 Å². The van der Waals surface area contributed by atoms with Crippen LogP contribution in [0.4, 0.5) is 0 Å². The maximum absolute atomic E-state index is 13.2. The minimum atomic E-state index is -1.43. The van der Waals surface area contributed by atoms with Gasteiger partial charge in [0.25, 0.3) is 0 Å². The molecule has 212 valence electrons. The number of benzene rings is 3. The summed E-state index contributed by atoms with van der Waals surface area (Å²) < 4.78 is 44.9. The van der Waals surface area contributed by atoms with Crippen LogP contribution in [-0.2, 0) is 20.8 Å². The molecule has 5 atom stereocenters. The highest BCUT2D eigenvalue weighted by Crippen LogP contribution is 2.49. The molecule has 12 nitrogen and oxygen atoms in total. The Morgan fingerprint density at radius 1 is 0.900 bits per heavy atom. The topological polar surface area (TPSA) is 152 Å². The molecule has 3 aliphatic rings. The number of carbonyl (C=O) groups excluding carboxylic acids is 1. The molecule has 3 aromatic carbocycles. The second-order valence-electron chi connectivity index (χ2n) is 9.48. The molecule has 1 saturated heterocycles. The van der Waals surface area contributed by atoms with Gasteiger partial charge in [-0.2, -0.15) is 0 Å². The molecule has 5 unspecified atom stereocenters. The molecule has 0 bridgehead atoms. The van der Waals surface area contributed by atoms with E-state index in [1.165, 1.54) is 21.3 Å². The Bertz CT molecular complexity index is 1470. The van der Waals surface area contributed by atoms with Crippen molar-refractivity contribution in [2.24, 2.45) is 0 Å². The number of carbonyl (C=O) groups is 1. The van der Waals surface area contributed by atoms with Gasteiger partial charge in [-0.05, 0) is 35.2 Å². The van der Waals surface area contributed by atoms with Gasteiger partial charge in [0, 0.05) is 23.6 Å². The van der Waals surface area contributed by atoms with Gasteiger partial charge in [-0.3, -0.25) is 0 Å². The zero-order chi connectivity index (χ0) is 28.1. The monoisotopic (exact) mass is 556 g/mol. The van der Waals surface area contributed by atoms with Gasteiger partial charge in [-0.1, -0.05) is 6.07 Å². The third-order valence-electron chi connectivity index (χ3n) is 7.40. The van der Waals surface area contributed by atoms with Crippen molar-refractivity contribution in [1.82, 2.24) is 0 Å². The second kappa shape index (κ2) is 10.3. The summed E-state index contributed by atoms with van der Waals surface area (Å²) >= 11 is 0. The average molecular weight is 557 g/mol. The van der Waals surface area contributed by atoms with Crippen LogP contribution in [0, 0.1) is 0 Å². The number of rotatable bonds is 7. The number of hydrogen-bond acceptors (Lipinski definition) is 12. The van der Waals surface area contributed by atoms with Crippen molar-refractivity contribution in [3.05, 3.63) is 41.5 Å². The summed E-state index contributed by atoms with van der Waals surface area (Å²) in [6, 6.07) is 8.78. The van der Waals surface area contributed by atoms with E-state index in [9.17, 15) is 20.1 Å². The van der Waals surface area contributed by atoms with Crippen LogP contribution in [0.5, 0.6) is 28.7 Å². The summed E-state index contributed by atoms with van der Waals surface area (Å²) in [4.78, 5) is 13.2. The van der Waals surface area contributed by atoms with Crippen molar-refractivity contribution >= 4 is 16.7 Å². The van der Waals surface area contributed by atoms with Crippen LogP contribution in [0.2, 0.25) is 0 Å². The minimum Gasteiger partial charge on any atom is -0.493 e. The fourth-order valence-corrected chi connectivity index (χ4v) is 5.44. The number of hydrogen-bond donors (Lipinski definition) is 3. The van der Waals surface area contributed by atoms with Crippen LogP contribution in [0.3, 0.4) is 0 Å². The van der Waals surface area contributed by atoms with Crippen LogP contribution < -0.4 is 23.7 Å². The predicted molar refractivity (Wildman–Crippen MR) is 137 cm³/mol. The summed E-state index contributed by atoms with van der Waals surface area (Å²) in [7, 11) is 4.32. The number of methoxy groups -OCH3 is 3. The number of cyclic esters (lactones) is 1. The molecule has 40 heavy (non-hydrogen) atoms. The van der Waals surface area contributed by atoms with Crippen LogP contribution in [-0.4, -0.2) is 86.7 Å². The Kier molecular flexibility index (Phi) is 6.80. The minimum absolute atomic E-state index is 0.0905. The van der Waals surface area contributed by atoms with Crippen molar-refractivity contribution in [2.45, 2.75) is 37.3 Å². The Labute approximate surface area is 228 Å². The fourth-order valence-electron chi connectivity index (χ4n) is 5.44. The third-order valence-corrected chi connectivity index (χ3v) is 7.40. The highest BCUT2D eigenvalue weighted by molar-refractivity contribution is 6.14. The Morgan fingerprint density at radius 3 is 2.33 bits per heavy atom. The zero-order valence-corrected chi connectivity index (χ0v) is 21.9. The molecule has 0 spiro atoms. The van der Waals surface area contributed by atoms with Gasteiger partial charge in [-0.15, -0.1) is 0 Å². The van der Waals surface area contributed by atoms with Crippen molar-refractivity contribution in [1.29, 1.82) is 0 Å². The summed E-state index contributed by atoms with van der Waals surface area (Å²) in [5.41, 5.74) is 1.91. The highest BCUT2D eigenvalue weighted by atomic mass is 16.7. The molecule has 3 aromatic rings. The van der Waals surface area contributed by atoms with Gasteiger partial charge in [-0.25, -0.2) is 4.79 Å². The lowest BCUT2D eigenvalue weighted by Gasteiger charge is -2.41. The second-order valence-corrected chi connectivity index (χ2v) is 9.48. The zero-order valence-electron chi connectivity index (χ0n) is 21.9. The molecule has 1 fully saturated rings. The molecule has 0 saturated carbocycles. The van der Waals surface area contributed by atoms with Crippen molar-refractivity contribution in [3.63, 3.8) is 0 Å². The smallest absolute Gasteiger partial charge is 0.339 e. The molecular formula is C28H28O12. The lowest BCUT2D eigenvalue weighted by molar-refractivity contribution is -0.281. The summed E-state index contributed by atoms with van der Waals surface area (Å²) in [5.74, 6) is 1.56. The van der Waals surface area contributed by atoms with Crippen molar-refractivity contribution in [3.8, 4) is 39.9 Å². The standard InChI is InChI=1S/C28H28O12/c1-33-17-7-13-14(8-18(17)34-2)25(40-28-24(31)26(35-3)23(30)20(9-29)39-28)15-10-36-27(32)22(15)21(13)12-4-5-16-19(6-12)38-11-37-16/h4-8,20,23-24,26,28-31H,9-11H2,1-3H3. The maximum Gasteiger partial charge on any atom is 0.339 e. The third kappa shape index (κ3) is 4.07.